The molecule has 1 aromatic carbocycles. The zero-order valence-corrected chi connectivity index (χ0v) is 11.2. The molecule has 2 heterocycles. The number of hydrogen-bond acceptors (Lipinski definition) is 6. The quantitative estimate of drug-likeness (QED) is 0.584. The lowest BCUT2D eigenvalue weighted by molar-refractivity contribution is -0.383. The van der Waals surface area contributed by atoms with Crippen LogP contribution in [0.2, 0.25) is 0 Å². The van der Waals surface area contributed by atoms with Crippen molar-refractivity contribution in [1.29, 1.82) is 0 Å². The van der Waals surface area contributed by atoms with Gasteiger partial charge in [0, 0.05) is 35.1 Å². The highest BCUT2D eigenvalue weighted by Crippen LogP contribution is 2.31. The Kier molecular flexibility index (Phi) is 3.23. The lowest BCUT2D eigenvalue weighted by Gasteiger charge is -2.09. The third-order valence-electron chi connectivity index (χ3n) is 3.16. The minimum atomic E-state index is -0.403. The van der Waals surface area contributed by atoms with Gasteiger partial charge in [0.15, 0.2) is 5.76 Å². The number of nitrogens with zero attached hydrogens (tertiary/aromatic N) is 3. The zero-order chi connectivity index (χ0) is 14.8. The summed E-state index contributed by atoms with van der Waals surface area (Å²) in [6.45, 7) is 2.30. The monoisotopic (exact) mass is 284 g/mol. The zero-order valence-electron chi connectivity index (χ0n) is 11.2. The van der Waals surface area contributed by atoms with Gasteiger partial charge in [0.05, 0.1) is 23.1 Å². The molecule has 0 aliphatic carbocycles. The summed E-state index contributed by atoms with van der Waals surface area (Å²) in [4.78, 5) is 14.8. The Balaban J connectivity index is 2.04. The van der Waals surface area contributed by atoms with E-state index in [1.54, 1.807) is 18.3 Å². The van der Waals surface area contributed by atoms with Crippen LogP contribution in [0.3, 0.4) is 0 Å². The summed E-state index contributed by atoms with van der Waals surface area (Å²) in [5, 5.41) is 19.2. The molecule has 0 aliphatic rings. The fourth-order valence-electron chi connectivity index (χ4n) is 2.16. The second-order valence-electron chi connectivity index (χ2n) is 4.59. The van der Waals surface area contributed by atoms with Gasteiger partial charge in [-0.15, -0.1) is 0 Å². The van der Waals surface area contributed by atoms with Crippen molar-refractivity contribution in [3.63, 3.8) is 0 Å². The minimum absolute atomic E-state index is 0.0442. The second kappa shape index (κ2) is 5.20. The van der Waals surface area contributed by atoms with Crippen LogP contribution in [-0.2, 0) is 6.54 Å². The van der Waals surface area contributed by atoms with Crippen LogP contribution in [0, 0.1) is 17.0 Å². The van der Waals surface area contributed by atoms with Crippen LogP contribution in [0.25, 0.3) is 10.8 Å². The first kappa shape index (κ1) is 13.0. The van der Waals surface area contributed by atoms with E-state index in [1.165, 1.54) is 12.3 Å². The molecule has 106 valence electrons. The maximum atomic E-state index is 11.1. The Labute approximate surface area is 119 Å². The molecular weight excluding hydrogens is 272 g/mol. The van der Waals surface area contributed by atoms with Gasteiger partial charge < -0.3 is 9.84 Å². The number of fused-ring (bicyclic) bond motifs is 1. The molecule has 0 aliphatic heterocycles. The molecule has 2 aromatic heterocycles. The van der Waals surface area contributed by atoms with E-state index < -0.39 is 4.92 Å². The van der Waals surface area contributed by atoms with Gasteiger partial charge in [0.25, 0.3) is 5.69 Å². The Bertz CT molecular complexity index is 799. The molecule has 0 amide bonds. The van der Waals surface area contributed by atoms with Crippen LogP contribution in [0.5, 0.6) is 0 Å². The third kappa shape index (κ3) is 2.53. The number of non-ortho nitro benzene ring substituents is 1. The van der Waals surface area contributed by atoms with Crippen molar-refractivity contribution in [2.75, 3.05) is 5.32 Å². The highest BCUT2D eigenvalue weighted by molar-refractivity contribution is 5.99. The molecular formula is C14H12N4O3. The Morgan fingerprint density at radius 2 is 2.19 bits per heavy atom. The van der Waals surface area contributed by atoms with Crippen molar-refractivity contribution in [3.05, 3.63) is 58.2 Å². The van der Waals surface area contributed by atoms with Crippen molar-refractivity contribution < 1.29 is 9.45 Å². The molecule has 3 rings (SSSR count). The lowest BCUT2D eigenvalue weighted by Crippen LogP contribution is -2.00. The number of aromatic nitrogens is 2. The Morgan fingerprint density at radius 1 is 1.33 bits per heavy atom. The fraction of sp³-hybridized carbons (Fsp3) is 0.143. The second-order valence-corrected chi connectivity index (χ2v) is 4.59. The van der Waals surface area contributed by atoms with E-state index in [0.29, 0.717) is 17.7 Å². The smallest absolute Gasteiger partial charge is 0.278 e. The van der Waals surface area contributed by atoms with Crippen molar-refractivity contribution in [2.24, 2.45) is 0 Å². The molecule has 3 aromatic rings. The lowest BCUT2D eigenvalue weighted by atomic mass is 10.1. The average molecular weight is 284 g/mol. The number of rotatable bonds is 4. The molecule has 1 N–H and O–H groups in total. The molecule has 0 radical (unpaired) electrons. The van der Waals surface area contributed by atoms with Gasteiger partial charge in [-0.1, -0.05) is 5.16 Å². The summed E-state index contributed by atoms with van der Waals surface area (Å²) in [6, 6.07) is 6.75. The van der Waals surface area contributed by atoms with E-state index in [1.807, 2.05) is 13.0 Å². The molecule has 0 saturated carbocycles. The van der Waals surface area contributed by atoms with Gasteiger partial charge in [-0.2, -0.15) is 0 Å². The minimum Gasteiger partial charge on any atom is -0.377 e. The van der Waals surface area contributed by atoms with Crippen LogP contribution < -0.4 is 5.32 Å². The number of benzene rings is 1. The third-order valence-corrected chi connectivity index (χ3v) is 3.16. The highest BCUT2D eigenvalue weighted by Gasteiger charge is 2.15. The van der Waals surface area contributed by atoms with Crippen LogP contribution >= 0.6 is 0 Å². The Hall–Kier alpha value is -2.96. The van der Waals surface area contributed by atoms with Crippen molar-refractivity contribution in [3.8, 4) is 0 Å². The van der Waals surface area contributed by atoms with E-state index >= 15 is 0 Å². The number of nitrogens with one attached hydrogen (secondary N) is 1. The van der Waals surface area contributed by atoms with Gasteiger partial charge >= 0.3 is 0 Å². The van der Waals surface area contributed by atoms with Gasteiger partial charge in [-0.25, -0.2) is 0 Å². The van der Waals surface area contributed by atoms with E-state index in [0.717, 1.165) is 16.8 Å². The standard InChI is InChI=1S/C14H12N4O3/c1-9-6-11-12(8-15-9)14(18(19)20)3-2-13(11)16-7-10-4-5-17-21-10/h2-6,8,16H,7H2,1H3. The summed E-state index contributed by atoms with van der Waals surface area (Å²) in [5.74, 6) is 0.687. The van der Waals surface area contributed by atoms with Crippen molar-refractivity contribution >= 4 is 22.1 Å². The number of nitro benzene ring substituents is 1. The molecule has 7 nitrogen and oxygen atoms in total. The van der Waals surface area contributed by atoms with Gasteiger partial charge in [0.2, 0.25) is 0 Å². The number of pyridine rings is 1. The largest absolute Gasteiger partial charge is 0.377 e. The molecule has 0 fully saturated rings. The van der Waals surface area contributed by atoms with Crippen LogP contribution in [0.1, 0.15) is 11.5 Å². The van der Waals surface area contributed by atoms with E-state index in [2.05, 4.69) is 15.5 Å². The normalized spacial score (nSPS) is 10.7. The summed E-state index contributed by atoms with van der Waals surface area (Å²) in [7, 11) is 0. The van der Waals surface area contributed by atoms with Gasteiger partial charge in [-0.3, -0.25) is 15.1 Å². The number of anilines is 1. The number of aryl methyl sites for hydroxylation is 1. The molecule has 7 heteroatoms. The number of nitro groups is 1. The summed E-state index contributed by atoms with van der Waals surface area (Å²) in [5.41, 5.74) is 1.63. The first-order chi connectivity index (χ1) is 10.1. The molecule has 0 bridgehead atoms. The topological polar surface area (TPSA) is 94.1 Å². The summed E-state index contributed by atoms with van der Waals surface area (Å²) < 4.78 is 5.02. The predicted molar refractivity (Wildman–Crippen MR) is 77.0 cm³/mol. The Morgan fingerprint density at radius 3 is 2.90 bits per heavy atom. The molecule has 0 atom stereocenters. The molecule has 0 saturated heterocycles. The average Bonchev–Trinajstić information content (AvgIpc) is 2.97. The molecule has 0 unspecified atom stereocenters. The summed E-state index contributed by atoms with van der Waals surface area (Å²) >= 11 is 0. The fourth-order valence-corrected chi connectivity index (χ4v) is 2.16. The van der Waals surface area contributed by atoms with Gasteiger partial charge in [0.1, 0.15) is 0 Å². The number of hydrogen-bond donors (Lipinski definition) is 1. The highest BCUT2D eigenvalue weighted by atomic mass is 16.6. The van der Waals surface area contributed by atoms with Crippen LogP contribution in [0.15, 0.2) is 41.2 Å². The maximum Gasteiger partial charge on any atom is 0.278 e. The van der Waals surface area contributed by atoms with Crippen molar-refractivity contribution in [1.82, 2.24) is 10.1 Å². The van der Waals surface area contributed by atoms with E-state index in [9.17, 15) is 10.1 Å². The first-order valence-corrected chi connectivity index (χ1v) is 6.32. The summed E-state index contributed by atoms with van der Waals surface area (Å²) in [6.07, 6.45) is 3.10. The van der Waals surface area contributed by atoms with Gasteiger partial charge in [-0.05, 0) is 19.1 Å². The first-order valence-electron chi connectivity index (χ1n) is 6.32. The molecule has 0 spiro atoms. The van der Waals surface area contributed by atoms with Crippen LogP contribution in [-0.4, -0.2) is 15.1 Å². The van der Waals surface area contributed by atoms with Crippen LogP contribution in [0.4, 0.5) is 11.4 Å². The predicted octanol–water partition coefficient (Wildman–Crippen LogP) is 3.05. The van der Waals surface area contributed by atoms with Crippen molar-refractivity contribution in [2.45, 2.75) is 13.5 Å². The molecule has 21 heavy (non-hydrogen) atoms. The maximum absolute atomic E-state index is 11.1. The van der Waals surface area contributed by atoms with E-state index in [-0.39, 0.29) is 5.69 Å². The SMILES string of the molecule is Cc1cc2c(NCc3ccno3)ccc([N+](=O)[O-])c2cn1. The van der Waals surface area contributed by atoms with E-state index in [4.69, 9.17) is 4.52 Å².